The molecule has 1 aromatic heterocycles. The van der Waals surface area contributed by atoms with Gasteiger partial charge in [-0.3, -0.25) is 4.79 Å². The van der Waals surface area contributed by atoms with Crippen LogP contribution in [0.25, 0.3) is 0 Å². The maximum absolute atomic E-state index is 12.3. The van der Waals surface area contributed by atoms with Crippen molar-refractivity contribution in [3.63, 3.8) is 0 Å². The third-order valence-corrected chi connectivity index (χ3v) is 5.85. The van der Waals surface area contributed by atoms with Crippen LogP contribution in [0.15, 0.2) is 9.72 Å². The number of nitrogens with zero attached hydrogens (tertiary/aromatic N) is 3. The largest absolute Gasteiger partial charge is 0.439 e. The fraction of sp³-hybridized carbons (Fsp3) is 0.615. The summed E-state index contributed by atoms with van der Waals surface area (Å²) in [5.41, 5.74) is 0.486. The van der Waals surface area contributed by atoms with Crippen molar-refractivity contribution in [3.8, 4) is 0 Å². The molecule has 0 aromatic carbocycles. The predicted molar refractivity (Wildman–Crippen MR) is 80.6 cm³/mol. The third-order valence-electron chi connectivity index (χ3n) is 3.73. The number of thioether (sulfide) groups is 1. The summed E-state index contributed by atoms with van der Waals surface area (Å²) in [4.78, 5) is 31.5. The van der Waals surface area contributed by atoms with Crippen molar-refractivity contribution < 1.29 is 14.3 Å². The Bertz CT molecular complexity index is 577. The van der Waals surface area contributed by atoms with Gasteiger partial charge < -0.3 is 14.5 Å². The molecule has 1 spiro atoms. The zero-order valence-electron chi connectivity index (χ0n) is 12.0. The lowest BCUT2D eigenvalue weighted by atomic mass is 10.0. The number of hydrogen-bond acceptors (Lipinski definition) is 6. The maximum Gasteiger partial charge on any atom is 0.410 e. The Morgan fingerprint density at radius 3 is 3.00 bits per heavy atom. The topological polar surface area (TPSA) is 62.7 Å². The first kappa shape index (κ1) is 14.6. The molecule has 21 heavy (non-hydrogen) atoms. The predicted octanol–water partition coefficient (Wildman–Crippen LogP) is 1.60. The molecule has 0 aliphatic carbocycles. The summed E-state index contributed by atoms with van der Waals surface area (Å²) in [6, 6.07) is 0. The fourth-order valence-electron chi connectivity index (χ4n) is 2.68. The minimum atomic E-state index is -0.496. The van der Waals surface area contributed by atoms with Gasteiger partial charge in [-0.25, -0.2) is 9.78 Å². The monoisotopic (exact) mass is 327 g/mol. The van der Waals surface area contributed by atoms with E-state index in [0.717, 1.165) is 16.5 Å². The van der Waals surface area contributed by atoms with Crippen LogP contribution in [0.4, 0.5) is 4.79 Å². The summed E-state index contributed by atoms with van der Waals surface area (Å²) in [5, 5.41) is 1.98. The summed E-state index contributed by atoms with van der Waals surface area (Å²) in [6.45, 7) is 3.66. The quantitative estimate of drug-likeness (QED) is 0.789. The summed E-state index contributed by atoms with van der Waals surface area (Å²) >= 11 is 3.02. The first-order chi connectivity index (χ1) is 9.97. The Labute approximate surface area is 131 Å². The van der Waals surface area contributed by atoms with Gasteiger partial charge in [-0.2, -0.15) is 0 Å². The molecule has 8 heteroatoms. The zero-order valence-corrected chi connectivity index (χ0v) is 13.6. The SMILES string of the molecule is Cc1csc(SCC(=O)N2CCC3(CN(C)C(=O)O3)C2)n1. The summed E-state index contributed by atoms with van der Waals surface area (Å²) in [6.07, 6.45) is 0.424. The number of amides is 2. The standard InChI is InChI=1S/C13H17N3O3S2/c1-9-5-20-11(14-9)21-6-10(17)16-4-3-13(8-16)7-15(2)12(18)19-13/h5H,3-4,6-8H2,1-2H3. The van der Waals surface area contributed by atoms with Crippen molar-refractivity contribution in [2.24, 2.45) is 0 Å². The Kier molecular flexibility index (Phi) is 3.83. The molecule has 2 saturated heterocycles. The Balaban J connectivity index is 1.54. The lowest BCUT2D eigenvalue weighted by Crippen LogP contribution is -2.39. The van der Waals surface area contributed by atoms with Crippen molar-refractivity contribution in [1.82, 2.24) is 14.8 Å². The second kappa shape index (κ2) is 5.49. The van der Waals surface area contributed by atoms with Crippen LogP contribution in [0.1, 0.15) is 12.1 Å². The molecule has 0 bridgehead atoms. The molecule has 0 radical (unpaired) electrons. The van der Waals surface area contributed by atoms with Gasteiger partial charge in [0.05, 0.1) is 18.8 Å². The highest BCUT2D eigenvalue weighted by Gasteiger charge is 2.49. The molecule has 2 amide bonds. The van der Waals surface area contributed by atoms with Gasteiger partial charge in [-0.1, -0.05) is 11.8 Å². The zero-order chi connectivity index (χ0) is 15.0. The number of aryl methyl sites for hydroxylation is 1. The van der Waals surface area contributed by atoms with Crippen LogP contribution in [-0.4, -0.2) is 64.8 Å². The van der Waals surface area contributed by atoms with E-state index in [1.807, 2.05) is 12.3 Å². The number of carbonyl (C=O) groups excluding carboxylic acids is 2. The second-order valence-electron chi connectivity index (χ2n) is 5.52. The lowest BCUT2D eigenvalue weighted by molar-refractivity contribution is -0.128. The Morgan fingerprint density at radius 1 is 1.57 bits per heavy atom. The van der Waals surface area contributed by atoms with Gasteiger partial charge in [0, 0.05) is 31.1 Å². The average molecular weight is 327 g/mol. The molecule has 3 rings (SSSR count). The minimum absolute atomic E-state index is 0.0790. The van der Waals surface area contributed by atoms with Gasteiger partial charge in [0.15, 0.2) is 9.94 Å². The van der Waals surface area contributed by atoms with Gasteiger partial charge in [0.1, 0.15) is 0 Å². The molecule has 0 N–H and O–H groups in total. The van der Waals surface area contributed by atoms with Crippen LogP contribution >= 0.6 is 23.1 Å². The maximum atomic E-state index is 12.3. The molecule has 2 fully saturated rings. The molecule has 1 atom stereocenters. The number of hydrogen-bond donors (Lipinski definition) is 0. The number of ether oxygens (including phenoxy) is 1. The van der Waals surface area contributed by atoms with Crippen molar-refractivity contribution in [1.29, 1.82) is 0 Å². The molecule has 2 aliphatic heterocycles. The summed E-state index contributed by atoms with van der Waals surface area (Å²) in [7, 11) is 1.72. The van der Waals surface area contributed by atoms with Gasteiger partial charge in [-0.15, -0.1) is 11.3 Å². The molecule has 1 aromatic rings. The van der Waals surface area contributed by atoms with Gasteiger partial charge in [0.2, 0.25) is 5.91 Å². The normalized spacial score (nSPS) is 25.0. The van der Waals surface area contributed by atoms with E-state index in [1.165, 1.54) is 11.8 Å². The summed E-state index contributed by atoms with van der Waals surface area (Å²) in [5.74, 6) is 0.461. The Hall–Kier alpha value is -1.28. The van der Waals surface area contributed by atoms with Crippen molar-refractivity contribution in [2.75, 3.05) is 32.4 Å². The molecular formula is C13H17N3O3S2. The third kappa shape index (κ3) is 3.01. The van der Waals surface area contributed by atoms with E-state index in [9.17, 15) is 9.59 Å². The van der Waals surface area contributed by atoms with Crippen LogP contribution in [0.3, 0.4) is 0 Å². The fourth-order valence-corrected chi connectivity index (χ4v) is 4.43. The lowest BCUT2D eigenvalue weighted by Gasteiger charge is -2.21. The van der Waals surface area contributed by atoms with Crippen molar-refractivity contribution in [2.45, 2.75) is 23.3 Å². The van der Waals surface area contributed by atoms with E-state index < -0.39 is 5.60 Å². The molecule has 6 nitrogen and oxygen atoms in total. The van der Waals surface area contributed by atoms with Crippen LogP contribution in [0.5, 0.6) is 0 Å². The summed E-state index contributed by atoms with van der Waals surface area (Å²) < 4.78 is 6.36. The van der Waals surface area contributed by atoms with Gasteiger partial charge in [-0.05, 0) is 6.92 Å². The van der Waals surface area contributed by atoms with Crippen molar-refractivity contribution in [3.05, 3.63) is 11.1 Å². The molecule has 1 unspecified atom stereocenters. The first-order valence-electron chi connectivity index (χ1n) is 6.74. The van der Waals surface area contributed by atoms with E-state index in [4.69, 9.17) is 4.74 Å². The number of rotatable bonds is 3. The van der Waals surface area contributed by atoms with Crippen molar-refractivity contribution >= 4 is 35.1 Å². The number of likely N-dealkylation sites (tertiary alicyclic amines) is 1. The number of aromatic nitrogens is 1. The van der Waals surface area contributed by atoms with Crippen LogP contribution in [-0.2, 0) is 9.53 Å². The van der Waals surface area contributed by atoms with E-state index in [1.54, 1.807) is 28.2 Å². The second-order valence-corrected chi connectivity index (χ2v) is 7.60. The first-order valence-corrected chi connectivity index (χ1v) is 8.61. The molecule has 2 aliphatic rings. The van der Waals surface area contributed by atoms with E-state index >= 15 is 0 Å². The number of thiazole rings is 1. The van der Waals surface area contributed by atoms with Gasteiger partial charge in [0.25, 0.3) is 0 Å². The van der Waals surface area contributed by atoms with E-state index in [2.05, 4.69) is 4.98 Å². The number of carbonyl (C=O) groups is 2. The van der Waals surface area contributed by atoms with E-state index in [0.29, 0.717) is 25.4 Å². The Morgan fingerprint density at radius 2 is 2.38 bits per heavy atom. The van der Waals surface area contributed by atoms with Crippen LogP contribution in [0, 0.1) is 6.92 Å². The smallest absolute Gasteiger partial charge is 0.410 e. The highest BCUT2D eigenvalue weighted by Crippen LogP contribution is 2.32. The van der Waals surface area contributed by atoms with Crippen LogP contribution in [0.2, 0.25) is 0 Å². The minimum Gasteiger partial charge on any atom is -0.439 e. The van der Waals surface area contributed by atoms with E-state index in [-0.39, 0.29) is 12.0 Å². The molecule has 114 valence electrons. The number of likely N-dealkylation sites (N-methyl/N-ethyl adjacent to an activating group) is 1. The van der Waals surface area contributed by atoms with Crippen LogP contribution < -0.4 is 0 Å². The molecule has 3 heterocycles. The van der Waals surface area contributed by atoms with Gasteiger partial charge >= 0.3 is 6.09 Å². The highest BCUT2D eigenvalue weighted by molar-refractivity contribution is 8.01. The average Bonchev–Trinajstić information content (AvgIpc) is 3.09. The molecule has 0 saturated carbocycles. The highest BCUT2D eigenvalue weighted by atomic mass is 32.2. The molecular weight excluding hydrogens is 310 g/mol.